The lowest BCUT2D eigenvalue weighted by Crippen LogP contribution is -2.35. The van der Waals surface area contributed by atoms with Crippen molar-refractivity contribution in [3.63, 3.8) is 0 Å². The second-order valence-corrected chi connectivity index (χ2v) is 9.02. The van der Waals surface area contributed by atoms with Crippen LogP contribution < -0.4 is 10.0 Å². The first-order chi connectivity index (χ1) is 7.79. The standard InChI is InChI=1S/C12H18N2S3/c1-8-6-5-7-9-10(8)13-12(15,16-9)17-14-11(2,3)4/h5-7,13-15H,1-4H3. The van der Waals surface area contributed by atoms with Gasteiger partial charge < -0.3 is 5.32 Å². The average molecular weight is 286 g/mol. The van der Waals surface area contributed by atoms with E-state index in [-0.39, 0.29) is 9.07 Å². The number of nitrogens with one attached hydrogen (secondary N) is 2. The van der Waals surface area contributed by atoms with Gasteiger partial charge in [-0.25, -0.2) is 0 Å². The van der Waals surface area contributed by atoms with E-state index in [9.17, 15) is 0 Å². The number of thiol groups is 1. The van der Waals surface area contributed by atoms with Crippen molar-refractivity contribution < 1.29 is 0 Å². The Balaban J connectivity index is 2.10. The van der Waals surface area contributed by atoms with Gasteiger partial charge in [-0.3, -0.25) is 4.72 Å². The van der Waals surface area contributed by atoms with Crippen LogP contribution in [0.15, 0.2) is 23.1 Å². The molecule has 1 aromatic carbocycles. The Kier molecular flexibility index (Phi) is 3.65. The first-order valence-corrected chi connectivity index (χ1v) is 7.61. The molecule has 1 unspecified atom stereocenters. The zero-order valence-corrected chi connectivity index (χ0v) is 13.0. The van der Waals surface area contributed by atoms with E-state index in [0.29, 0.717) is 0 Å². The van der Waals surface area contributed by atoms with Gasteiger partial charge in [0.1, 0.15) is 0 Å². The Bertz CT molecular complexity index is 428. The third-order valence-electron chi connectivity index (χ3n) is 2.26. The van der Waals surface area contributed by atoms with Crippen LogP contribution >= 0.6 is 36.3 Å². The molecule has 0 fully saturated rings. The molecule has 1 atom stereocenters. The van der Waals surface area contributed by atoms with Crippen molar-refractivity contribution in [3.8, 4) is 0 Å². The summed E-state index contributed by atoms with van der Waals surface area (Å²) in [6, 6.07) is 6.34. The quantitative estimate of drug-likeness (QED) is 0.433. The summed E-state index contributed by atoms with van der Waals surface area (Å²) in [5, 5.41) is 3.48. The number of hydrogen-bond donors (Lipinski definition) is 3. The number of rotatable bonds is 2. The molecule has 2 rings (SSSR count). The number of fused-ring (bicyclic) bond motifs is 1. The van der Waals surface area contributed by atoms with Gasteiger partial charge in [-0.05, 0) is 51.3 Å². The van der Waals surface area contributed by atoms with Crippen LogP contribution in [0.2, 0.25) is 0 Å². The second-order valence-electron chi connectivity index (χ2n) is 5.21. The zero-order valence-electron chi connectivity index (χ0n) is 10.5. The average Bonchev–Trinajstić information content (AvgIpc) is 2.54. The molecular weight excluding hydrogens is 268 g/mol. The predicted octanol–water partition coefficient (Wildman–Crippen LogP) is 4.09. The first-order valence-electron chi connectivity index (χ1n) is 5.53. The van der Waals surface area contributed by atoms with Gasteiger partial charge in [-0.1, -0.05) is 23.9 Å². The molecule has 5 heteroatoms. The van der Waals surface area contributed by atoms with Crippen molar-refractivity contribution in [2.45, 2.75) is 41.7 Å². The fraction of sp³-hybridized carbons (Fsp3) is 0.500. The van der Waals surface area contributed by atoms with Gasteiger partial charge >= 0.3 is 0 Å². The summed E-state index contributed by atoms with van der Waals surface area (Å²) < 4.78 is 3.08. The molecule has 1 aliphatic rings. The largest absolute Gasteiger partial charge is 0.352 e. The maximum absolute atomic E-state index is 4.74. The first kappa shape index (κ1) is 13.5. The third-order valence-corrected chi connectivity index (χ3v) is 5.45. The van der Waals surface area contributed by atoms with Crippen LogP contribution in [0.1, 0.15) is 26.3 Å². The fourth-order valence-corrected chi connectivity index (χ4v) is 4.10. The van der Waals surface area contributed by atoms with E-state index in [1.807, 2.05) is 0 Å². The fourth-order valence-electron chi connectivity index (χ4n) is 1.49. The molecule has 2 nitrogen and oxygen atoms in total. The van der Waals surface area contributed by atoms with Gasteiger partial charge in [0, 0.05) is 10.4 Å². The van der Waals surface area contributed by atoms with E-state index in [4.69, 9.17) is 12.6 Å². The van der Waals surface area contributed by atoms with Crippen LogP contribution in [0.3, 0.4) is 0 Å². The van der Waals surface area contributed by atoms with E-state index in [0.717, 1.165) is 0 Å². The maximum atomic E-state index is 4.74. The van der Waals surface area contributed by atoms with Crippen molar-refractivity contribution in [1.29, 1.82) is 0 Å². The van der Waals surface area contributed by atoms with Crippen molar-refractivity contribution in [1.82, 2.24) is 4.72 Å². The minimum atomic E-state index is -0.332. The molecule has 1 heterocycles. The number of aryl methyl sites for hydroxylation is 1. The number of anilines is 1. The maximum Gasteiger partial charge on any atom is 0.194 e. The summed E-state index contributed by atoms with van der Waals surface area (Å²) in [5.41, 5.74) is 2.55. The Hall–Kier alpha value is 0.0300. The van der Waals surface area contributed by atoms with Crippen LogP contribution in [-0.2, 0) is 0 Å². The molecule has 94 valence electrons. The molecule has 1 aliphatic heterocycles. The Morgan fingerprint density at radius 3 is 2.71 bits per heavy atom. The van der Waals surface area contributed by atoms with Crippen molar-refractivity contribution >= 4 is 42.0 Å². The molecular formula is C12H18N2S3. The molecule has 0 aromatic heterocycles. The molecule has 0 aliphatic carbocycles. The lowest BCUT2D eigenvalue weighted by Gasteiger charge is -2.28. The van der Waals surface area contributed by atoms with E-state index >= 15 is 0 Å². The molecule has 0 saturated carbocycles. The normalized spacial score (nSPS) is 23.4. The highest BCUT2D eigenvalue weighted by Crippen LogP contribution is 2.53. The Morgan fingerprint density at radius 1 is 1.41 bits per heavy atom. The lowest BCUT2D eigenvalue weighted by atomic mass is 10.1. The Morgan fingerprint density at radius 2 is 2.12 bits per heavy atom. The number of thioether (sulfide) groups is 1. The van der Waals surface area contributed by atoms with Crippen LogP contribution in [0.5, 0.6) is 0 Å². The highest BCUT2D eigenvalue weighted by atomic mass is 32.3. The van der Waals surface area contributed by atoms with Crippen molar-refractivity contribution in [2.24, 2.45) is 0 Å². The van der Waals surface area contributed by atoms with Crippen molar-refractivity contribution in [3.05, 3.63) is 23.8 Å². The molecule has 17 heavy (non-hydrogen) atoms. The highest BCUT2D eigenvalue weighted by molar-refractivity contribution is 8.29. The minimum Gasteiger partial charge on any atom is -0.352 e. The topological polar surface area (TPSA) is 24.1 Å². The molecule has 0 saturated heterocycles. The molecule has 0 spiro atoms. The summed E-state index contributed by atoms with van der Waals surface area (Å²) in [6.45, 7) is 8.56. The number of para-hydroxylation sites is 1. The van der Waals surface area contributed by atoms with E-state index in [1.54, 1.807) is 23.7 Å². The SMILES string of the molecule is Cc1cccc2c1NC(S)(SNC(C)(C)C)S2. The summed E-state index contributed by atoms with van der Waals surface area (Å²) in [4.78, 5) is 1.27. The number of benzene rings is 1. The summed E-state index contributed by atoms with van der Waals surface area (Å²) in [6.07, 6.45) is 0. The van der Waals surface area contributed by atoms with Crippen molar-refractivity contribution in [2.75, 3.05) is 5.32 Å². The lowest BCUT2D eigenvalue weighted by molar-refractivity contribution is 0.535. The van der Waals surface area contributed by atoms with Crippen LogP contribution in [-0.4, -0.2) is 9.07 Å². The van der Waals surface area contributed by atoms with Gasteiger partial charge in [-0.2, -0.15) is 0 Å². The van der Waals surface area contributed by atoms with Crippen LogP contribution in [0.4, 0.5) is 5.69 Å². The van der Waals surface area contributed by atoms with E-state index < -0.39 is 0 Å². The summed E-state index contributed by atoms with van der Waals surface area (Å²) in [7, 11) is 0. The minimum absolute atomic E-state index is 0.0758. The van der Waals surface area contributed by atoms with Gasteiger partial charge in [-0.15, -0.1) is 12.6 Å². The zero-order chi connectivity index (χ0) is 12.7. The summed E-state index contributed by atoms with van der Waals surface area (Å²) in [5.74, 6) is 0. The predicted molar refractivity (Wildman–Crippen MR) is 82.9 cm³/mol. The van der Waals surface area contributed by atoms with Gasteiger partial charge in [0.15, 0.2) is 3.54 Å². The monoisotopic (exact) mass is 286 g/mol. The Labute approximate surface area is 117 Å². The van der Waals surface area contributed by atoms with E-state index in [1.165, 1.54) is 16.1 Å². The van der Waals surface area contributed by atoms with Gasteiger partial charge in [0.05, 0.1) is 5.69 Å². The highest BCUT2D eigenvalue weighted by Gasteiger charge is 2.36. The molecule has 0 radical (unpaired) electrons. The smallest absolute Gasteiger partial charge is 0.194 e. The summed E-state index contributed by atoms with van der Waals surface area (Å²) >= 11 is 8.11. The number of hydrogen-bond acceptors (Lipinski definition) is 5. The molecule has 0 amide bonds. The van der Waals surface area contributed by atoms with Gasteiger partial charge in [0.2, 0.25) is 0 Å². The van der Waals surface area contributed by atoms with Crippen LogP contribution in [0, 0.1) is 6.92 Å². The van der Waals surface area contributed by atoms with E-state index in [2.05, 4.69) is 55.9 Å². The van der Waals surface area contributed by atoms with Crippen LogP contribution in [0.25, 0.3) is 0 Å². The third kappa shape index (κ3) is 3.28. The molecule has 2 N–H and O–H groups in total. The van der Waals surface area contributed by atoms with Gasteiger partial charge in [0.25, 0.3) is 0 Å². The second kappa shape index (κ2) is 4.61. The molecule has 0 bridgehead atoms. The molecule has 1 aromatic rings.